The Hall–Kier alpha value is -1.69. The fraction of sp³-hybridized carbons (Fsp3) is 0.500. The van der Waals surface area contributed by atoms with Gasteiger partial charge in [-0.1, -0.05) is 0 Å². The Bertz CT molecular complexity index is 360. The Morgan fingerprint density at radius 1 is 1.38 bits per heavy atom. The third-order valence-corrected chi connectivity index (χ3v) is 2.29. The van der Waals surface area contributed by atoms with Crippen LogP contribution < -0.4 is 10.2 Å². The van der Waals surface area contributed by atoms with Gasteiger partial charge in [0, 0.05) is 20.0 Å². The van der Waals surface area contributed by atoms with Gasteiger partial charge in [-0.05, 0) is 12.1 Å². The van der Waals surface area contributed by atoms with Crippen LogP contribution in [0.25, 0.3) is 0 Å². The first kappa shape index (κ1) is 10.8. The molecule has 2 heterocycles. The molecule has 0 aromatic carbocycles. The molecule has 0 radical (unpaired) electrons. The van der Waals surface area contributed by atoms with Gasteiger partial charge in [-0.2, -0.15) is 0 Å². The Balaban J connectivity index is 2.03. The van der Waals surface area contributed by atoms with E-state index in [1.54, 1.807) is 6.07 Å². The monoisotopic (exact) mass is 222 g/mol. The highest BCUT2D eigenvalue weighted by Gasteiger charge is 2.12. The van der Waals surface area contributed by atoms with Gasteiger partial charge < -0.3 is 15.0 Å². The lowest BCUT2D eigenvalue weighted by Gasteiger charge is -2.27. The third-order valence-electron chi connectivity index (χ3n) is 2.29. The molecule has 1 aromatic heterocycles. The van der Waals surface area contributed by atoms with Crippen LogP contribution in [0.5, 0.6) is 0 Å². The van der Waals surface area contributed by atoms with Gasteiger partial charge in [-0.15, -0.1) is 10.2 Å². The number of carbonyl (C=O) groups is 1. The van der Waals surface area contributed by atoms with E-state index in [4.69, 9.17) is 4.74 Å². The molecule has 1 aliphatic rings. The number of anilines is 2. The first-order valence-corrected chi connectivity index (χ1v) is 5.20. The standard InChI is InChI=1S/C10H14N4O2/c1-8(15)11-9-2-3-10(13-12-9)14-4-6-16-7-5-14/h2-3H,4-7H2,1H3,(H,11,12,15). The number of morpholine rings is 1. The highest BCUT2D eigenvalue weighted by molar-refractivity contribution is 5.87. The molecule has 1 aliphatic heterocycles. The van der Waals surface area contributed by atoms with Gasteiger partial charge in [-0.25, -0.2) is 0 Å². The van der Waals surface area contributed by atoms with E-state index < -0.39 is 0 Å². The van der Waals surface area contributed by atoms with E-state index in [1.807, 2.05) is 6.07 Å². The minimum Gasteiger partial charge on any atom is -0.378 e. The zero-order valence-corrected chi connectivity index (χ0v) is 9.14. The van der Waals surface area contributed by atoms with Crippen molar-refractivity contribution in [2.45, 2.75) is 6.92 Å². The van der Waals surface area contributed by atoms with E-state index in [0.717, 1.165) is 32.1 Å². The van der Waals surface area contributed by atoms with Crippen LogP contribution in [0.3, 0.4) is 0 Å². The number of amides is 1. The zero-order chi connectivity index (χ0) is 11.4. The average Bonchev–Trinajstić information content (AvgIpc) is 2.30. The second-order valence-corrected chi connectivity index (χ2v) is 3.56. The highest BCUT2D eigenvalue weighted by atomic mass is 16.5. The van der Waals surface area contributed by atoms with Crippen LogP contribution >= 0.6 is 0 Å². The Morgan fingerprint density at radius 2 is 2.12 bits per heavy atom. The summed E-state index contributed by atoms with van der Waals surface area (Å²) in [6.45, 7) is 4.53. The predicted molar refractivity (Wildman–Crippen MR) is 59.4 cm³/mol. The summed E-state index contributed by atoms with van der Waals surface area (Å²) < 4.78 is 5.25. The molecule has 1 saturated heterocycles. The molecule has 6 nitrogen and oxygen atoms in total. The maximum Gasteiger partial charge on any atom is 0.222 e. The summed E-state index contributed by atoms with van der Waals surface area (Å²) in [6.07, 6.45) is 0. The predicted octanol–water partition coefficient (Wildman–Crippen LogP) is 0.272. The summed E-state index contributed by atoms with van der Waals surface area (Å²) in [7, 11) is 0. The fourth-order valence-electron chi connectivity index (χ4n) is 1.53. The molecule has 1 amide bonds. The number of aromatic nitrogens is 2. The van der Waals surface area contributed by atoms with Crippen molar-refractivity contribution in [2.75, 3.05) is 36.5 Å². The van der Waals surface area contributed by atoms with Gasteiger partial charge in [-0.3, -0.25) is 4.79 Å². The molecule has 0 spiro atoms. The summed E-state index contributed by atoms with van der Waals surface area (Å²) in [6, 6.07) is 3.60. The first-order chi connectivity index (χ1) is 7.75. The molecule has 0 saturated carbocycles. The molecular formula is C10H14N4O2. The van der Waals surface area contributed by atoms with Crippen molar-refractivity contribution >= 4 is 17.5 Å². The lowest BCUT2D eigenvalue weighted by molar-refractivity contribution is -0.114. The van der Waals surface area contributed by atoms with E-state index in [2.05, 4.69) is 20.4 Å². The molecule has 16 heavy (non-hydrogen) atoms. The van der Waals surface area contributed by atoms with Gasteiger partial charge in [0.1, 0.15) is 0 Å². The third kappa shape index (κ3) is 2.66. The zero-order valence-electron chi connectivity index (χ0n) is 9.14. The molecule has 2 rings (SSSR count). The molecule has 1 fully saturated rings. The maximum absolute atomic E-state index is 10.8. The Morgan fingerprint density at radius 3 is 2.69 bits per heavy atom. The van der Waals surface area contributed by atoms with Crippen LogP contribution in [-0.2, 0) is 9.53 Å². The van der Waals surface area contributed by atoms with Gasteiger partial charge >= 0.3 is 0 Å². The molecule has 0 aliphatic carbocycles. The van der Waals surface area contributed by atoms with Gasteiger partial charge in [0.25, 0.3) is 0 Å². The van der Waals surface area contributed by atoms with E-state index in [0.29, 0.717) is 5.82 Å². The van der Waals surface area contributed by atoms with Crippen LogP contribution in [0.4, 0.5) is 11.6 Å². The summed E-state index contributed by atoms with van der Waals surface area (Å²) in [5.41, 5.74) is 0. The average molecular weight is 222 g/mol. The minimum atomic E-state index is -0.145. The van der Waals surface area contributed by atoms with E-state index in [9.17, 15) is 4.79 Å². The number of hydrogen-bond acceptors (Lipinski definition) is 5. The number of carbonyl (C=O) groups excluding carboxylic acids is 1. The smallest absolute Gasteiger partial charge is 0.222 e. The number of nitrogens with zero attached hydrogens (tertiary/aromatic N) is 3. The van der Waals surface area contributed by atoms with Crippen molar-refractivity contribution < 1.29 is 9.53 Å². The SMILES string of the molecule is CC(=O)Nc1ccc(N2CCOCC2)nn1. The highest BCUT2D eigenvalue weighted by Crippen LogP contribution is 2.12. The van der Waals surface area contributed by atoms with Gasteiger partial charge in [0.15, 0.2) is 11.6 Å². The summed E-state index contributed by atoms with van der Waals surface area (Å²) in [5.74, 6) is 1.15. The molecule has 1 N–H and O–H groups in total. The number of rotatable bonds is 2. The van der Waals surface area contributed by atoms with Crippen molar-refractivity contribution in [1.82, 2.24) is 10.2 Å². The quantitative estimate of drug-likeness (QED) is 0.778. The first-order valence-electron chi connectivity index (χ1n) is 5.20. The molecule has 0 atom stereocenters. The maximum atomic E-state index is 10.8. The fourth-order valence-corrected chi connectivity index (χ4v) is 1.53. The van der Waals surface area contributed by atoms with Crippen LogP contribution in [0, 0.1) is 0 Å². The van der Waals surface area contributed by atoms with Crippen molar-refractivity contribution in [3.63, 3.8) is 0 Å². The van der Waals surface area contributed by atoms with Crippen LogP contribution in [0.15, 0.2) is 12.1 Å². The molecule has 1 aromatic rings. The van der Waals surface area contributed by atoms with Crippen molar-refractivity contribution in [2.24, 2.45) is 0 Å². The topological polar surface area (TPSA) is 67.4 Å². The second-order valence-electron chi connectivity index (χ2n) is 3.56. The summed E-state index contributed by atoms with van der Waals surface area (Å²) >= 11 is 0. The Labute approximate surface area is 93.6 Å². The van der Waals surface area contributed by atoms with Crippen molar-refractivity contribution in [3.8, 4) is 0 Å². The molecular weight excluding hydrogens is 208 g/mol. The van der Waals surface area contributed by atoms with Crippen LogP contribution in [0.1, 0.15) is 6.92 Å². The largest absolute Gasteiger partial charge is 0.378 e. The van der Waals surface area contributed by atoms with Crippen LogP contribution in [-0.4, -0.2) is 42.4 Å². The summed E-state index contributed by atoms with van der Waals surface area (Å²) in [5, 5.41) is 10.6. The second kappa shape index (κ2) is 4.89. The lowest BCUT2D eigenvalue weighted by atomic mass is 10.4. The van der Waals surface area contributed by atoms with Gasteiger partial charge in [0.05, 0.1) is 13.2 Å². The normalized spacial score (nSPS) is 15.9. The number of nitrogens with one attached hydrogen (secondary N) is 1. The van der Waals surface area contributed by atoms with Crippen molar-refractivity contribution in [3.05, 3.63) is 12.1 Å². The van der Waals surface area contributed by atoms with E-state index in [-0.39, 0.29) is 5.91 Å². The number of ether oxygens (including phenoxy) is 1. The molecule has 6 heteroatoms. The van der Waals surface area contributed by atoms with E-state index >= 15 is 0 Å². The molecule has 0 bridgehead atoms. The molecule has 0 unspecified atom stereocenters. The number of hydrogen-bond donors (Lipinski definition) is 1. The minimum absolute atomic E-state index is 0.145. The summed E-state index contributed by atoms with van der Waals surface area (Å²) in [4.78, 5) is 12.9. The van der Waals surface area contributed by atoms with Crippen LogP contribution in [0.2, 0.25) is 0 Å². The van der Waals surface area contributed by atoms with Gasteiger partial charge in [0.2, 0.25) is 5.91 Å². The van der Waals surface area contributed by atoms with Crippen molar-refractivity contribution in [1.29, 1.82) is 0 Å². The Kier molecular flexibility index (Phi) is 3.31. The van der Waals surface area contributed by atoms with E-state index in [1.165, 1.54) is 6.92 Å². The molecule has 86 valence electrons. The lowest BCUT2D eigenvalue weighted by Crippen LogP contribution is -2.36.